The fourth-order valence-electron chi connectivity index (χ4n) is 1.82. The minimum Gasteiger partial charge on any atom is -0.382 e. The van der Waals surface area contributed by atoms with Crippen LogP contribution in [0.4, 0.5) is 0 Å². The second-order valence-corrected chi connectivity index (χ2v) is 4.29. The average molecular weight is 276 g/mol. The molecule has 0 fully saturated rings. The van der Waals surface area contributed by atoms with Crippen LogP contribution in [0.1, 0.15) is 5.56 Å². The van der Waals surface area contributed by atoms with Crippen molar-refractivity contribution in [3.05, 3.63) is 36.3 Å². The van der Waals surface area contributed by atoms with E-state index < -0.39 is 0 Å². The van der Waals surface area contributed by atoms with Crippen molar-refractivity contribution in [1.29, 1.82) is 0 Å². The third-order valence-corrected chi connectivity index (χ3v) is 2.84. The maximum Gasteiger partial charge on any atom is 0.0710 e. The van der Waals surface area contributed by atoms with Crippen LogP contribution in [-0.4, -0.2) is 48.7 Å². The van der Waals surface area contributed by atoms with Crippen molar-refractivity contribution in [2.75, 3.05) is 33.5 Å². The van der Waals surface area contributed by atoms with E-state index in [2.05, 4.69) is 20.5 Å². The van der Waals surface area contributed by atoms with Gasteiger partial charge in [0.05, 0.1) is 31.7 Å². The van der Waals surface area contributed by atoms with Crippen molar-refractivity contribution in [3.63, 3.8) is 0 Å². The van der Waals surface area contributed by atoms with Gasteiger partial charge in [-0.2, -0.15) is 5.10 Å². The van der Waals surface area contributed by atoms with Gasteiger partial charge in [-0.25, -0.2) is 0 Å². The van der Waals surface area contributed by atoms with Gasteiger partial charge in [-0.05, 0) is 12.1 Å². The summed E-state index contributed by atoms with van der Waals surface area (Å²) in [5, 5.41) is 10.4. The van der Waals surface area contributed by atoms with Gasteiger partial charge >= 0.3 is 0 Å². The number of aromatic nitrogens is 3. The molecule has 0 atom stereocenters. The van der Waals surface area contributed by atoms with Crippen LogP contribution in [0.2, 0.25) is 0 Å². The Hall–Kier alpha value is -1.76. The predicted octanol–water partition coefficient (Wildman–Crippen LogP) is 1.22. The third-order valence-electron chi connectivity index (χ3n) is 2.84. The fraction of sp³-hybridized carbons (Fsp3) is 0.429. The van der Waals surface area contributed by atoms with Crippen molar-refractivity contribution in [1.82, 2.24) is 20.5 Å². The number of aromatic amines is 1. The second-order valence-electron chi connectivity index (χ2n) is 4.29. The monoisotopic (exact) mass is 276 g/mol. The van der Waals surface area contributed by atoms with E-state index in [-0.39, 0.29) is 0 Å². The summed E-state index contributed by atoms with van der Waals surface area (Å²) in [5.74, 6) is 0. The summed E-state index contributed by atoms with van der Waals surface area (Å²) in [5.41, 5.74) is 3.17. The third kappa shape index (κ3) is 4.41. The highest BCUT2D eigenvalue weighted by atomic mass is 16.5. The summed E-state index contributed by atoms with van der Waals surface area (Å²) in [6.07, 6.45) is 5.42. The molecule has 108 valence electrons. The Kier molecular flexibility index (Phi) is 6.16. The molecular weight excluding hydrogens is 256 g/mol. The Bertz CT molecular complexity index is 487. The largest absolute Gasteiger partial charge is 0.382 e. The molecule has 6 heteroatoms. The van der Waals surface area contributed by atoms with Gasteiger partial charge in [0, 0.05) is 43.7 Å². The van der Waals surface area contributed by atoms with Crippen molar-refractivity contribution >= 4 is 0 Å². The van der Waals surface area contributed by atoms with Crippen LogP contribution >= 0.6 is 0 Å². The van der Waals surface area contributed by atoms with E-state index in [0.29, 0.717) is 19.8 Å². The molecule has 20 heavy (non-hydrogen) atoms. The number of ether oxygens (including phenoxy) is 2. The molecular formula is C14H20N4O2. The van der Waals surface area contributed by atoms with E-state index in [0.717, 1.165) is 29.9 Å². The number of hydrogen-bond acceptors (Lipinski definition) is 5. The zero-order chi connectivity index (χ0) is 14.0. The van der Waals surface area contributed by atoms with Crippen LogP contribution in [0.5, 0.6) is 0 Å². The molecule has 2 heterocycles. The van der Waals surface area contributed by atoms with Gasteiger partial charge in [0.25, 0.3) is 0 Å². The number of nitrogens with zero attached hydrogens (tertiary/aromatic N) is 2. The second kappa shape index (κ2) is 8.42. The van der Waals surface area contributed by atoms with E-state index in [1.807, 2.05) is 24.5 Å². The molecule has 6 nitrogen and oxygen atoms in total. The van der Waals surface area contributed by atoms with Crippen molar-refractivity contribution in [2.24, 2.45) is 0 Å². The first kappa shape index (κ1) is 14.6. The summed E-state index contributed by atoms with van der Waals surface area (Å²) in [6, 6.07) is 3.93. The number of H-pyrrole nitrogens is 1. The van der Waals surface area contributed by atoms with Gasteiger partial charge in [-0.1, -0.05) is 0 Å². The number of pyridine rings is 1. The first-order valence-electron chi connectivity index (χ1n) is 6.62. The first-order valence-corrected chi connectivity index (χ1v) is 6.62. The summed E-state index contributed by atoms with van der Waals surface area (Å²) >= 11 is 0. The van der Waals surface area contributed by atoms with Crippen LogP contribution in [0.15, 0.2) is 30.7 Å². The number of nitrogens with one attached hydrogen (secondary N) is 2. The lowest BCUT2D eigenvalue weighted by atomic mass is 10.1. The van der Waals surface area contributed by atoms with Crippen LogP contribution < -0.4 is 5.32 Å². The highest BCUT2D eigenvalue weighted by Gasteiger charge is 2.06. The van der Waals surface area contributed by atoms with E-state index in [9.17, 15) is 0 Å². The number of methoxy groups -OCH3 is 1. The molecule has 0 unspecified atom stereocenters. The van der Waals surface area contributed by atoms with Crippen molar-refractivity contribution in [3.8, 4) is 11.3 Å². The average Bonchev–Trinajstić information content (AvgIpc) is 2.96. The van der Waals surface area contributed by atoms with E-state index in [1.54, 1.807) is 13.3 Å². The molecule has 0 spiro atoms. The van der Waals surface area contributed by atoms with Gasteiger partial charge in [0.15, 0.2) is 0 Å². The number of rotatable bonds is 9. The molecule has 2 aromatic rings. The molecule has 0 aliphatic carbocycles. The predicted molar refractivity (Wildman–Crippen MR) is 76.2 cm³/mol. The fourth-order valence-corrected chi connectivity index (χ4v) is 1.82. The van der Waals surface area contributed by atoms with Gasteiger partial charge in [-0.15, -0.1) is 0 Å². The normalized spacial score (nSPS) is 10.8. The Morgan fingerprint density at radius 1 is 1.25 bits per heavy atom. The van der Waals surface area contributed by atoms with E-state index in [1.165, 1.54) is 0 Å². The Morgan fingerprint density at radius 3 is 3.00 bits per heavy atom. The Morgan fingerprint density at radius 2 is 2.20 bits per heavy atom. The maximum atomic E-state index is 5.39. The zero-order valence-electron chi connectivity index (χ0n) is 11.6. The van der Waals surface area contributed by atoms with E-state index in [4.69, 9.17) is 9.47 Å². The van der Waals surface area contributed by atoms with Gasteiger partial charge < -0.3 is 14.8 Å². The molecule has 0 radical (unpaired) electrons. The summed E-state index contributed by atoms with van der Waals surface area (Å²) in [6.45, 7) is 3.47. The van der Waals surface area contributed by atoms with Crippen molar-refractivity contribution < 1.29 is 9.47 Å². The van der Waals surface area contributed by atoms with Crippen LogP contribution in [0.25, 0.3) is 11.3 Å². The van der Waals surface area contributed by atoms with E-state index >= 15 is 0 Å². The molecule has 0 aromatic carbocycles. The van der Waals surface area contributed by atoms with Crippen molar-refractivity contribution in [2.45, 2.75) is 6.54 Å². The quantitative estimate of drug-likeness (QED) is 0.674. The summed E-state index contributed by atoms with van der Waals surface area (Å²) in [7, 11) is 1.67. The molecule has 0 saturated heterocycles. The van der Waals surface area contributed by atoms with Gasteiger partial charge in [-0.3, -0.25) is 10.1 Å². The lowest BCUT2D eigenvalue weighted by molar-refractivity contribution is 0.0719. The topological polar surface area (TPSA) is 72.1 Å². The summed E-state index contributed by atoms with van der Waals surface area (Å²) in [4.78, 5) is 4.12. The van der Waals surface area contributed by atoms with Crippen LogP contribution in [0, 0.1) is 0 Å². The van der Waals surface area contributed by atoms with Crippen LogP contribution in [-0.2, 0) is 16.0 Å². The standard InChI is InChI=1S/C14H20N4O2/c1-19-7-8-20-6-5-16-10-13-11-17-18-14(13)12-3-2-4-15-9-12/h2-4,9,11,16H,5-8,10H2,1H3,(H,17,18). The van der Waals surface area contributed by atoms with Crippen LogP contribution in [0.3, 0.4) is 0 Å². The lowest BCUT2D eigenvalue weighted by Crippen LogP contribution is -2.20. The first-order chi connectivity index (χ1) is 9.92. The smallest absolute Gasteiger partial charge is 0.0710 e. The molecule has 2 aromatic heterocycles. The zero-order valence-corrected chi connectivity index (χ0v) is 11.6. The minimum atomic E-state index is 0.630. The molecule has 0 saturated carbocycles. The van der Waals surface area contributed by atoms with Gasteiger partial charge in [0.2, 0.25) is 0 Å². The number of hydrogen-bond donors (Lipinski definition) is 2. The maximum absolute atomic E-state index is 5.39. The molecule has 0 amide bonds. The Labute approximate surface area is 118 Å². The minimum absolute atomic E-state index is 0.630. The molecule has 0 aliphatic rings. The molecule has 0 aliphatic heterocycles. The molecule has 2 N–H and O–H groups in total. The molecule has 2 rings (SSSR count). The van der Waals surface area contributed by atoms with Gasteiger partial charge in [0.1, 0.15) is 0 Å². The summed E-state index contributed by atoms with van der Waals surface area (Å²) < 4.78 is 10.3. The lowest BCUT2D eigenvalue weighted by Gasteiger charge is -2.06. The molecule has 0 bridgehead atoms. The Balaban J connectivity index is 1.76. The highest BCUT2D eigenvalue weighted by Crippen LogP contribution is 2.19. The highest BCUT2D eigenvalue weighted by molar-refractivity contribution is 5.61. The SMILES string of the molecule is COCCOCCNCc1cn[nH]c1-c1cccnc1.